The van der Waals surface area contributed by atoms with E-state index in [0.717, 1.165) is 22.8 Å². The maximum atomic E-state index is 11.8. The summed E-state index contributed by atoms with van der Waals surface area (Å²) in [5.41, 5.74) is 2.75. The Morgan fingerprint density at radius 1 is 1.10 bits per heavy atom. The molecular formula is C16H25N3O. The summed E-state index contributed by atoms with van der Waals surface area (Å²) in [6, 6.07) is 6.10. The van der Waals surface area contributed by atoms with E-state index < -0.39 is 0 Å². The van der Waals surface area contributed by atoms with Gasteiger partial charge < -0.3 is 16.0 Å². The molecule has 0 atom stereocenters. The monoisotopic (exact) mass is 275 g/mol. The van der Waals surface area contributed by atoms with Crippen molar-refractivity contribution in [2.24, 2.45) is 5.92 Å². The summed E-state index contributed by atoms with van der Waals surface area (Å²) in [5.74, 6) is 0.725. The second-order valence-electron chi connectivity index (χ2n) is 5.52. The van der Waals surface area contributed by atoms with Crippen molar-refractivity contribution in [3.63, 3.8) is 0 Å². The summed E-state index contributed by atoms with van der Waals surface area (Å²) in [5, 5.41) is 9.37. The van der Waals surface area contributed by atoms with Crippen molar-refractivity contribution in [2.45, 2.75) is 40.7 Å². The Balaban J connectivity index is 2.84. The van der Waals surface area contributed by atoms with E-state index in [-0.39, 0.29) is 11.8 Å². The van der Waals surface area contributed by atoms with Crippen LogP contribution in [-0.4, -0.2) is 11.9 Å². The van der Waals surface area contributed by atoms with Gasteiger partial charge in [-0.05, 0) is 38.5 Å². The third-order valence-corrected chi connectivity index (χ3v) is 2.86. The fraction of sp³-hybridized carbons (Fsp3) is 0.438. The van der Waals surface area contributed by atoms with Crippen LogP contribution < -0.4 is 16.0 Å². The summed E-state index contributed by atoms with van der Waals surface area (Å²) in [6.45, 7) is 13.8. The molecule has 0 aliphatic rings. The third kappa shape index (κ3) is 4.61. The first-order valence-corrected chi connectivity index (χ1v) is 6.94. The number of carbonyl (C=O) groups excluding carboxylic acids is 1. The summed E-state index contributed by atoms with van der Waals surface area (Å²) < 4.78 is 0. The van der Waals surface area contributed by atoms with Gasteiger partial charge in [-0.2, -0.15) is 0 Å². The Bertz CT molecular complexity index is 492. The lowest BCUT2D eigenvalue weighted by molar-refractivity contribution is -0.118. The molecule has 0 unspecified atom stereocenters. The SMILES string of the molecule is C=C(Nc1cccc(NC(=O)C(C)C)c1C)NC(C)C. The minimum absolute atomic E-state index is 0.0179. The summed E-state index contributed by atoms with van der Waals surface area (Å²) in [4.78, 5) is 11.8. The van der Waals surface area contributed by atoms with Crippen molar-refractivity contribution >= 4 is 17.3 Å². The highest BCUT2D eigenvalue weighted by Gasteiger charge is 2.10. The number of hydrogen-bond acceptors (Lipinski definition) is 3. The molecule has 1 amide bonds. The average molecular weight is 275 g/mol. The molecule has 1 aromatic rings. The van der Waals surface area contributed by atoms with Crippen LogP contribution in [0, 0.1) is 12.8 Å². The average Bonchev–Trinajstić information content (AvgIpc) is 2.32. The molecule has 0 fully saturated rings. The van der Waals surface area contributed by atoms with Gasteiger partial charge in [-0.25, -0.2) is 0 Å². The van der Waals surface area contributed by atoms with Gasteiger partial charge in [0.2, 0.25) is 5.91 Å². The van der Waals surface area contributed by atoms with E-state index in [0.29, 0.717) is 6.04 Å². The predicted octanol–water partition coefficient (Wildman–Crippen LogP) is 3.47. The van der Waals surface area contributed by atoms with Gasteiger partial charge in [0.25, 0.3) is 0 Å². The highest BCUT2D eigenvalue weighted by atomic mass is 16.1. The van der Waals surface area contributed by atoms with Gasteiger partial charge >= 0.3 is 0 Å². The molecule has 0 heterocycles. The molecule has 4 heteroatoms. The Morgan fingerprint density at radius 3 is 2.15 bits per heavy atom. The van der Waals surface area contributed by atoms with Crippen LogP contribution >= 0.6 is 0 Å². The number of hydrogen-bond donors (Lipinski definition) is 3. The van der Waals surface area contributed by atoms with Gasteiger partial charge in [-0.3, -0.25) is 4.79 Å². The van der Waals surface area contributed by atoms with Gasteiger partial charge in [-0.15, -0.1) is 0 Å². The van der Waals surface area contributed by atoms with Crippen molar-refractivity contribution in [1.29, 1.82) is 0 Å². The van der Waals surface area contributed by atoms with Crippen LogP contribution in [0.3, 0.4) is 0 Å². The van der Waals surface area contributed by atoms with Crippen molar-refractivity contribution in [1.82, 2.24) is 5.32 Å². The fourth-order valence-corrected chi connectivity index (χ4v) is 1.73. The molecule has 0 aromatic heterocycles. The summed E-state index contributed by atoms with van der Waals surface area (Å²) >= 11 is 0. The molecule has 3 N–H and O–H groups in total. The van der Waals surface area contributed by atoms with Crippen molar-refractivity contribution in [3.8, 4) is 0 Å². The lowest BCUT2D eigenvalue weighted by atomic mass is 10.1. The predicted molar refractivity (Wildman–Crippen MR) is 85.7 cm³/mol. The smallest absolute Gasteiger partial charge is 0.226 e. The molecule has 0 spiro atoms. The van der Waals surface area contributed by atoms with E-state index in [4.69, 9.17) is 0 Å². The van der Waals surface area contributed by atoms with E-state index in [1.165, 1.54) is 0 Å². The maximum Gasteiger partial charge on any atom is 0.226 e. The van der Waals surface area contributed by atoms with Crippen LogP contribution in [-0.2, 0) is 4.79 Å². The Labute approximate surface area is 121 Å². The van der Waals surface area contributed by atoms with Gasteiger partial charge in [-0.1, -0.05) is 26.5 Å². The van der Waals surface area contributed by atoms with Gasteiger partial charge in [0.05, 0.1) is 5.82 Å². The van der Waals surface area contributed by atoms with E-state index in [1.54, 1.807) is 0 Å². The van der Waals surface area contributed by atoms with Crippen LogP contribution in [0.15, 0.2) is 30.6 Å². The zero-order chi connectivity index (χ0) is 15.3. The molecule has 110 valence electrons. The zero-order valence-corrected chi connectivity index (χ0v) is 13.0. The normalized spacial score (nSPS) is 10.6. The first kappa shape index (κ1) is 16.1. The summed E-state index contributed by atoms with van der Waals surface area (Å²) in [7, 11) is 0. The number of carbonyl (C=O) groups is 1. The highest BCUT2D eigenvalue weighted by Crippen LogP contribution is 2.24. The number of nitrogens with one attached hydrogen (secondary N) is 3. The molecule has 1 aromatic carbocycles. The molecule has 0 radical (unpaired) electrons. The highest BCUT2D eigenvalue weighted by molar-refractivity contribution is 5.93. The third-order valence-electron chi connectivity index (χ3n) is 2.86. The fourth-order valence-electron chi connectivity index (χ4n) is 1.73. The van der Waals surface area contributed by atoms with E-state index in [2.05, 4.69) is 36.4 Å². The van der Waals surface area contributed by atoms with Gasteiger partial charge in [0.1, 0.15) is 0 Å². The molecule has 0 aliphatic heterocycles. The second-order valence-corrected chi connectivity index (χ2v) is 5.52. The second kappa shape index (κ2) is 6.98. The zero-order valence-electron chi connectivity index (χ0n) is 13.0. The van der Waals surface area contributed by atoms with Gasteiger partial charge in [0, 0.05) is 23.3 Å². The summed E-state index contributed by atoms with van der Waals surface area (Å²) in [6.07, 6.45) is 0. The van der Waals surface area contributed by atoms with Crippen LogP contribution in [0.5, 0.6) is 0 Å². The quantitative estimate of drug-likeness (QED) is 0.745. The number of amides is 1. The van der Waals surface area contributed by atoms with E-state index >= 15 is 0 Å². The minimum atomic E-state index is -0.0383. The van der Waals surface area contributed by atoms with Crippen LogP contribution in [0.25, 0.3) is 0 Å². The van der Waals surface area contributed by atoms with Crippen molar-refractivity contribution in [3.05, 3.63) is 36.2 Å². The van der Waals surface area contributed by atoms with Crippen LogP contribution in [0.2, 0.25) is 0 Å². The van der Waals surface area contributed by atoms with Crippen molar-refractivity contribution in [2.75, 3.05) is 10.6 Å². The molecule has 0 bridgehead atoms. The lowest BCUT2D eigenvalue weighted by Gasteiger charge is -2.18. The van der Waals surface area contributed by atoms with E-state index in [1.807, 2.05) is 39.0 Å². The molecule has 20 heavy (non-hydrogen) atoms. The maximum absolute atomic E-state index is 11.8. The number of anilines is 2. The van der Waals surface area contributed by atoms with Gasteiger partial charge in [0.15, 0.2) is 0 Å². The Hall–Kier alpha value is -1.97. The molecule has 1 rings (SSSR count). The lowest BCUT2D eigenvalue weighted by Crippen LogP contribution is -2.26. The Morgan fingerprint density at radius 2 is 1.65 bits per heavy atom. The molecule has 0 saturated carbocycles. The molecule has 4 nitrogen and oxygen atoms in total. The topological polar surface area (TPSA) is 53.2 Å². The molecule has 0 aliphatic carbocycles. The van der Waals surface area contributed by atoms with Crippen molar-refractivity contribution < 1.29 is 4.79 Å². The minimum Gasteiger partial charge on any atom is -0.370 e. The van der Waals surface area contributed by atoms with Crippen LogP contribution in [0.1, 0.15) is 33.3 Å². The number of benzene rings is 1. The molecule has 0 saturated heterocycles. The standard InChI is InChI=1S/C16H25N3O/c1-10(2)16(20)19-15-9-7-8-14(12(15)5)18-13(6)17-11(3)4/h7-11,17-18H,6H2,1-5H3,(H,19,20). The number of rotatable bonds is 6. The largest absolute Gasteiger partial charge is 0.370 e. The molecular weight excluding hydrogens is 250 g/mol. The van der Waals surface area contributed by atoms with Crippen LogP contribution in [0.4, 0.5) is 11.4 Å². The van der Waals surface area contributed by atoms with E-state index in [9.17, 15) is 4.79 Å². The first-order valence-electron chi connectivity index (χ1n) is 6.94. The first-order chi connectivity index (χ1) is 9.31. The Kier molecular flexibility index (Phi) is 5.62.